The van der Waals surface area contributed by atoms with E-state index in [-0.39, 0.29) is 6.61 Å². The van der Waals surface area contributed by atoms with Gasteiger partial charge in [-0.3, -0.25) is 4.99 Å². The first-order valence-electron chi connectivity index (χ1n) is 6.27. The molecule has 0 fully saturated rings. The molecule has 0 spiro atoms. The van der Waals surface area contributed by atoms with E-state index < -0.39 is 0 Å². The number of hydrogen-bond acceptors (Lipinski definition) is 2. The Hall–Kier alpha value is -1.95. The van der Waals surface area contributed by atoms with Crippen molar-refractivity contribution < 1.29 is 4.74 Å². The van der Waals surface area contributed by atoms with E-state index in [1.54, 1.807) is 18.3 Å². The van der Waals surface area contributed by atoms with Gasteiger partial charge in [0.1, 0.15) is 6.61 Å². The molecule has 0 heterocycles. The van der Waals surface area contributed by atoms with Gasteiger partial charge in [0.2, 0.25) is 0 Å². The van der Waals surface area contributed by atoms with Crippen molar-refractivity contribution in [1.82, 2.24) is 0 Å². The van der Waals surface area contributed by atoms with E-state index in [1.165, 1.54) is 0 Å². The van der Waals surface area contributed by atoms with Crippen molar-refractivity contribution in [2.45, 2.75) is 6.92 Å². The van der Waals surface area contributed by atoms with Crippen LogP contribution in [-0.4, -0.2) is 12.8 Å². The largest absolute Gasteiger partial charge is 0.478 e. The molecule has 4 heteroatoms. The van der Waals surface area contributed by atoms with Crippen LogP contribution in [0.3, 0.4) is 0 Å². The van der Waals surface area contributed by atoms with E-state index in [0.29, 0.717) is 15.8 Å². The summed E-state index contributed by atoms with van der Waals surface area (Å²) < 4.78 is 5.31. The summed E-state index contributed by atoms with van der Waals surface area (Å²) in [6.45, 7) is 2.12. The first kappa shape index (κ1) is 15.4. The van der Waals surface area contributed by atoms with Gasteiger partial charge in [0.15, 0.2) is 5.75 Å². The Bertz CT molecular complexity index is 694. The molecule has 21 heavy (non-hydrogen) atoms. The van der Waals surface area contributed by atoms with Crippen LogP contribution in [0.2, 0.25) is 10.0 Å². The number of hydrogen-bond donors (Lipinski definition) is 0. The van der Waals surface area contributed by atoms with Gasteiger partial charge in [-0.15, -0.1) is 6.42 Å². The van der Waals surface area contributed by atoms with Crippen molar-refractivity contribution >= 4 is 35.1 Å². The highest BCUT2D eigenvalue weighted by Crippen LogP contribution is 2.34. The molecule has 0 saturated carbocycles. The zero-order chi connectivity index (χ0) is 15.2. The average Bonchev–Trinajstić information content (AvgIpc) is 2.46. The fourth-order valence-electron chi connectivity index (χ4n) is 1.76. The van der Waals surface area contributed by atoms with Gasteiger partial charge in [-0.1, -0.05) is 47.3 Å². The van der Waals surface area contributed by atoms with Crippen molar-refractivity contribution in [3.05, 3.63) is 57.6 Å². The molecule has 0 bridgehead atoms. The molecular weight excluding hydrogens is 305 g/mol. The topological polar surface area (TPSA) is 21.6 Å². The SMILES string of the molecule is C#CCOc1c(Cl)cc(C=Nc2ccccc2C)cc1Cl. The number of ether oxygens (including phenoxy) is 1. The zero-order valence-corrected chi connectivity index (χ0v) is 12.9. The smallest absolute Gasteiger partial charge is 0.157 e. The number of terminal acetylenes is 1. The number of aryl methyl sites for hydroxylation is 1. The van der Waals surface area contributed by atoms with E-state index in [1.807, 2.05) is 31.2 Å². The fraction of sp³-hybridized carbons (Fsp3) is 0.118. The van der Waals surface area contributed by atoms with Gasteiger partial charge in [0.25, 0.3) is 0 Å². The molecule has 0 N–H and O–H groups in total. The van der Waals surface area contributed by atoms with Crippen LogP contribution < -0.4 is 4.74 Å². The van der Waals surface area contributed by atoms with Crippen LogP contribution in [0.4, 0.5) is 5.69 Å². The first-order valence-corrected chi connectivity index (χ1v) is 7.02. The molecule has 2 aromatic rings. The summed E-state index contributed by atoms with van der Waals surface area (Å²) >= 11 is 12.3. The lowest BCUT2D eigenvalue weighted by atomic mass is 10.2. The van der Waals surface area contributed by atoms with Crippen LogP contribution in [0.15, 0.2) is 41.4 Å². The third kappa shape index (κ3) is 4.01. The van der Waals surface area contributed by atoms with Crippen molar-refractivity contribution in [3.8, 4) is 18.1 Å². The molecule has 0 aliphatic heterocycles. The summed E-state index contributed by atoms with van der Waals surface area (Å²) in [6, 6.07) is 11.3. The van der Waals surface area contributed by atoms with E-state index in [0.717, 1.165) is 16.8 Å². The summed E-state index contributed by atoms with van der Waals surface area (Å²) in [6.07, 6.45) is 6.86. The summed E-state index contributed by atoms with van der Waals surface area (Å²) in [5.74, 6) is 2.77. The molecule has 0 radical (unpaired) electrons. The van der Waals surface area contributed by atoms with Crippen molar-refractivity contribution in [3.63, 3.8) is 0 Å². The summed E-state index contributed by atoms with van der Waals surface area (Å²) in [5, 5.41) is 0.813. The molecule has 0 aromatic heterocycles. The maximum absolute atomic E-state index is 6.14. The molecule has 0 amide bonds. The maximum Gasteiger partial charge on any atom is 0.157 e. The summed E-state index contributed by atoms with van der Waals surface area (Å²) in [7, 11) is 0. The van der Waals surface area contributed by atoms with E-state index in [9.17, 15) is 0 Å². The van der Waals surface area contributed by atoms with Gasteiger partial charge in [-0.2, -0.15) is 0 Å². The highest BCUT2D eigenvalue weighted by atomic mass is 35.5. The standard InChI is InChI=1S/C17H13Cl2NO/c1-3-8-21-17-14(18)9-13(10-15(17)19)11-20-16-7-5-4-6-12(16)2/h1,4-7,9-11H,8H2,2H3. The molecule has 0 saturated heterocycles. The monoisotopic (exact) mass is 317 g/mol. The Kier molecular flexibility index (Phi) is 5.27. The lowest BCUT2D eigenvalue weighted by molar-refractivity contribution is 0.371. The number of nitrogens with zero attached hydrogens (tertiary/aromatic N) is 1. The third-order valence-corrected chi connectivity index (χ3v) is 3.35. The number of aliphatic imine (C=N–C) groups is 1. The van der Waals surface area contributed by atoms with Gasteiger partial charge in [-0.25, -0.2) is 0 Å². The van der Waals surface area contributed by atoms with Crippen molar-refractivity contribution in [1.29, 1.82) is 0 Å². The molecule has 106 valence electrons. The molecule has 2 nitrogen and oxygen atoms in total. The summed E-state index contributed by atoms with van der Waals surface area (Å²) in [5.41, 5.74) is 2.79. The molecule has 0 aliphatic rings. The average molecular weight is 318 g/mol. The first-order chi connectivity index (χ1) is 10.1. The number of benzene rings is 2. The van der Waals surface area contributed by atoms with Crippen LogP contribution >= 0.6 is 23.2 Å². The van der Waals surface area contributed by atoms with Crippen LogP contribution in [-0.2, 0) is 0 Å². The Morgan fingerprint density at radius 3 is 2.52 bits per heavy atom. The van der Waals surface area contributed by atoms with Gasteiger partial charge >= 0.3 is 0 Å². The highest BCUT2D eigenvalue weighted by molar-refractivity contribution is 6.37. The Balaban J connectivity index is 2.26. The zero-order valence-electron chi connectivity index (χ0n) is 11.4. The van der Waals surface area contributed by atoms with E-state index in [4.69, 9.17) is 34.4 Å². The second-order valence-electron chi connectivity index (χ2n) is 4.35. The van der Waals surface area contributed by atoms with Crippen LogP contribution in [0.5, 0.6) is 5.75 Å². The lowest BCUT2D eigenvalue weighted by Crippen LogP contribution is -1.96. The lowest BCUT2D eigenvalue weighted by Gasteiger charge is -2.08. The van der Waals surface area contributed by atoms with Crippen molar-refractivity contribution in [2.75, 3.05) is 6.61 Å². The predicted molar refractivity (Wildman–Crippen MR) is 89.2 cm³/mol. The van der Waals surface area contributed by atoms with Crippen molar-refractivity contribution in [2.24, 2.45) is 4.99 Å². The normalized spacial score (nSPS) is 10.6. The molecular formula is C17H13Cl2NO. The molecule has 0 atom stereocenters. The Labute approximate surface area is 134 Å². The van der Waals surface area contributed by atoms with Crippen LogP contribution in [0.1, 0.15) is 11.1 Å². The number of rotatable bonds is 4. The van der Waals surface area contributed by atoms with Gasteiger partial charge in [0, 0.05) is 6.21 Å². The van der Waals surface area contributed by atoms with Gasteiger partial charge < -0.3 is 4.74 Å². The second-order valence-corrected chi connectivity index (χ2v) is 5.17. The third-order valence-electron chi connectivity index (χ3n) is 2.79. The van der Waals surface area contributed by atoms with Gasteiger partial charge in [0.05, 0.1) is 15.7 Å². The number of para-hydroxylation sites is 1. The quantitative estimate of drug-likeness (QED) is 0.570. The second kappa shape index (κ2) is 7.17. The van der Waals surface area contributed by atoms with E-state index >= 15 is 0 Å². The molecule has 0 aliphatic carbocycles. The minimum Gasteiger partial charge on any atom is -0.478 e. The summed E-state index contributed by atoms with van der Waals surface area (Å²) in [4.78, 5) is 4.43. The molecule has 0 unspecified atom stereocenters. The number of halogens is 2. The van der Waals surface area contributed by atoms with E-state index in [2.05, 4.69) is 10.9 Å². The predicted octanol–water partition coefficient (Wildman–Crippen LogP) is 5.06. The highest BCUT2D eigenvalue weighted by Gasteiger charge is 2.08. The van der Waals surface area contributed by atoms with Crippen LogP contribution in [0, 0.1) is 19.3 Å². The minimum absolute atomic E-state index is 0.121. The Morgan fingerprint density at radius 2 is 1.90 bits per heavy atom. The molecule has 2 rings (SSSR count). The fourth-order valence-corrected chi connectivity index (χ4v) is 2.37. The molecule has 2 aromatic carbocycles. The van der Waals surface area contributed by atoms with Gasteiger partial charge in [-0.05, 0) is 36.2 Å². The van der Waals surface area contributed by atoms with Crippen LogP contribution in [0.25, 0.3) is 0 Å². The minimum atomic E-state index is 0.121. The Morgan fingerprint density at radius 1 is 1.24 bits per heavy atom. The maximum atomic E-state index is 6.14.